The van der Waals surface area contributed by atoms with Crippen molar-refractivity contribution in [3.8, 4) is 0 Å². The molecule has 2 heterocycles. The van der Waals surface area contributed by atoms with E-state index in [4.69, 9.17) is 0 Å². The van der Waals surface area contributed by atoms with E-state index in [0.29, 0.717) is 6.54 Å². The Labute approximate surface area is 106 Å². The van der Waals surface area contributed by atoms with E-state index in [1.807, 2.05) is 19.4 Å². The monoisotopic (exact) mass is 253 g/mol. The molecule has 1 fully saturated rings. The number of carbonyl (C=O) groups excluding carboxylic acids is 1. The van der Waals surface area contributed by atoms with Crippen LogP contribution in [0.25, 0.3) is 0 Å². The molecule has 94 valence electrons. The highest BCUT2D eigenvalue weighted by Gasteiger charge is 2.24. The third kappa shape index (κ3) is 3.26. The molecular weight excluding hydrogens is 234 g/mol. The molecule has 1 aliphatic heterocycles. The van der Waals surface area contributed by atoms with Crippen LogP contribution in [0.3, 0.4) is 0 Å². The van der Waals surface area contributed by atoms with Crippen molar-refractivity contribution in [2.75, 3.05) is 20.1 Å². The fourth-order valence-corrected chi connectivity index (χ4v) is 2.78. The number of amides is 1. The van der Waals surface area contributed by atoms with E-state index in [9.17, 15) is 4.79 Å². The molecule has 1 N–H and O–H groups in total. The van der Waals surface area contributed by atoms with Crippen LogP contribution in [0.1, 0.15) is 23.5 Å². The minimum absolute atomic E-state index is 0.147. The fraction of sp³-hybridized carbons (Fsp3) is 0.667. The maximum atomic E-state index is 12.2. The van der Waals surface area contributed by atoms with Crippen molar-refractivity contribution in [1.82, 2.24) is 15.2 Å². The number of aromatic nitrogens is 1. The lowest BCUT2D eigenvalue weighted by Crippen LogP contribution is -2.41. The third-order valence-corrected chi connectivity index (χ3v) is 3.91. The second kappa shape index (κ2) is 5.60. The first kappa shape index (κ1) is 12.5. The zero-order chi connectivity index (χ0) is 12.3. The number of nitrogens with zero attached hydrogens (tertiary/aromatic N) is 2. The van der Waals surface area contributed by atoms with Crippen LogP contribution < -0.4 is 5.32 Å². The standard InChI is InChI=1S/C12H19N3OS/c1-9-14-11(8-17-9)7-15(2)12(16)10-4-3-5-13-6-10/h8,10,13H,3-7H2,1-2H3/t10-/m1/s1. The molecule has 0 aliphatic carbocycles. The lowest BCUT2D eigenvalue weighted by atomic mass is 9.98. The molecular formula is C12H19N3OS. The number of rotatable bonds is 3. The molecule has 0 saturated carbocycles. The molecule has 0 spiro atoms. The summed E-state index contributed by atoms with van der Waals surface area (Å²) in [5, 5.41) is 6.36. The summed E-state index contributed by atoms with van der Waals surface area (Å²) in [4.78, 5) is 18.4. The Morgan fingerprint density at radius 3 is 3.12 bits per heavy atom. The molecule has 5 heteroatoms. The average Bonchev–Trinajstić information content (AvgIpc) is 2.75. The van der Waals surface area contributed by atoms with Crippen molar-refractivity contribution in [1.29, 1.82) is 0 Å². The number of nitrogens with one attached hydrogen (secondary N) is 1. The Hall–Kier alpha value is -0.940. The van der Waals surface area contributed by atoms with Gasteiger partial charge in [0.15, 0.2) is 0 Å². The van der Waals surface area contributed by atoms with Gasteiger partial charge >= 0.3 is 0 Å². The lowest BCUT2D eigenvalue weighted by Gasteiger charge is -2.26. The molecule has 0 bridgehead atoms. The molecule has 1 aromatic rings. The van der Waals surface area contributed by atoms with Gasteiger partial charge in [-0.1, -0.05) is 0 Å². The van der Waals surface area contributed by atoms with E-state index in [1.54, 1.807) is 16.2 Å². The van der Waals surface area contributed by atoms with E-state index in [0.717, 1.165) is 36.6 Å². The van der Waals surface area contributed by atoms with E-state index in [2.05, 4.69) is 10.3 Å². The summed E-state index contributed by atoms with van der Waals surface area (Å²) in [5.41, 5.74) is 0.993. The number of piperidine rings is 1. The van der Waals surface area contributed by atoms with Gasteiger partial charge in [-0.15, -0.1) is 11.3 Å². The second-order valence-corrected chi connectivity index (χ2v) is 5.66. The Balaban J connectivity index is 1.90. The van der Waals surface area contributed by atoms with Crippen LogP contribution in [0.4, 0.5) is 0 Å². The molecule has 17 heavy (non-hydrogen) atoms. The van der Waals surface area contributed by atoms with Gasteiger partial charge in [-0.05, 0) is 26.3 Å². The summed E-state index contributed by atoms with van der Waals surface area (Å²) < 4.78 is 0. The molecule has 1 aromatic heterocycles. The van der Waals surface area contributed by atoms with Crippen molar-refractivity contribution >= 4 is 17.2 Å². The maximum Gasteiger partial charge on any atom is 0.227 e. The summed E-state index contributed by atoms with van der Waals surface area (Å²) in [6.45, 7) is 4.47. The van der Waals surface area contributed by atoms with Gasteiger partial charge in [-0.3, -0.25) is 4.79 Å². The molecule has 0 radical (unpaired) electrons. The highest BCUT2D eigenvalue weighted by molar-refractivity contribution is 7.09. The Morgan fingerprint density at radius 2 is 2.53 bits per heavy atom. The Morgan fingerprint density at radius 1 is 1.71 bits per heavy atom. The molecule has 1 aliphatic rings. The van der Waals surface area contributed by atoms with E-state index in [1.165, 1.54) is 0 Å². The quantitative estimate of drug-likeness (QED) is 0.886. The van der Waals surface area contributed by atoms with Crippen molar-refractivity contribution in [2.45, 2.75) is 26.3 Å². The predicted molar refractivity (Wildman–Crippen MR) is 68.9 cm³/mol. The molecule has 2 rings (SSSR count). The minimum Gasteiger partial charge on any atom is -0.340 e. The number of carbonyl (C=O) groups is 1. The second-order valence-electron chi connectivity index (χ2n) is 4.60. The van der Waals surface area contributed by atoms with Gasteiger partial charge in [0.25, 0.3) is 0 Å². The average molecular weight is 253 g/mol. The van der Waals surface area contributed by atoms with Crippen LogP contribution in [-0.4, -0.2) is 35.9 Å². The van der Waals surface area contributed by atoms with Gasteiger partial charge in [-0.2, -0.15) is 0 Å². The van der Waals surface area contributed by atoms with Crippen LogP contribution in [0.15, 0.2) is 5.38 Å². The van der Waals surface area contributed by atoms with E-state index in [-0.39, 0.29) is 11.8 Å². The first-order valence-electron chi connectivity index (χ1n) is 6.03. The van der Waals surface area contributed by atoms with Gasteiger partial charge in [-0.25, -0.2) is 4.98 Å². The zero-order valence-corrected chi connectivity index (χ0v) is 11.2. The largest absolute Gasteiger partial charge is 0.340 e. The van der Waals surface area contributed by atoms with Crippen molar-refractivity contribution in [3.63, 3.8) is 0 Å². The summed E-state index contributed by atoms with van der Waals surface area (Å²) in [6, 6.07) is 0. The van der Waals surface area contributed by atoms with Gasteiger partial charge < -0.3 is 10.2 Å². The summed E-state index contributed by atoms with van der Waals surface area (Å²) >= 11 is 1.63. The van der Waals surface area contributed by atoms with Crippen LogP contribution >= 0.6 is 11.3 Å². The molecule has 1 amide bonds. The van der Waals surface area contributed by atoms with Gasteiger partial charge in [0.05, 0.1) is 23.2 Å². The summed E-state index contributed by atoms with van der Waals surface area (Å²) in [7, 11) is 1.87. The van der Waals surface area contributed by atoms with E-state index < -0.39 is 0 Å². The Kier molecular flexibility index (Phi) is 4.12. The maximum absolute atomic E-state index is 12.2. The number of thiazole rings is 1. The van der Waals surface area contributed by atoms with Crippen molar-refractivity contribution < 1.29 is 4.79 Å². The molecule has 4 nitrogen and oxygen atoms in total. The number of aryl methyl sites for hydroxylation is 1. The molecule has 1 atom stereocenters. The SMILES string of the molecule is Cc1nc(CN(C)C(=O)[C@@H]2CCCNC2)cs1. The van der Waals surface area contributed by atoms with E-state index >= 15 is 0 Å². The van der Waals surface area contributed by atoms with Crippen LogP contribution in [-0.2, 0) is 11.3 Å². The highest BCUT2D eigenvalue weighted by atomic mass is 32.1. The summed E-state index contributed by atoms with van der Waals surface area (Å²) in [5.74, 6) is 0.385. The van der Waals surface area contributed by atoms with Crippen LogP contribution in [0, 0.1) is 12.8 Å². The Bertz CT molecular complexity index is 385. The summed E-state index contributed by atoms with van der Waals surface area (Å²) in [6.07, 6.45) is 2.10. The normalized spacial score (nSPS) is 20.2. The zero-order valence-electron chi connectivity index (χ0n) is 10.4. The molecule has 1 saturated heterocycles. The minimum atomic E-state index is 0.147. The lowest BCUT2D eigenvalue weighted by molar-refractivity contribution is -0.135. The van der Waals surface area contributed by atoms with Gasteiger partial charge in [0.2, 0.25) is 5.91 Å². The number of hydrogen-bond donors (Lipinski definition) is 1. The first-order valence-corrected chi connectivity index (χ1v) is 6.91. The predicted octanol–water partition coefficient (Wildman–Crippen LogP) is 1.41. The van der Waals surface area contributed by atoms with Crippen LogP contribution in [0.2, 0.25) is 0 Å². The number of hydrogen-bond acceptors (Lipinski definition) is 4. The fourth-order valence-electron chi connectivity index (χ4n) is 2.18. The third-order valence-electron chi connectivity index (χ3n) is 3.09. The topological polar surface area (TPSA) is 45.2 Å². The van der Waals surface area contributed by atoms with Crippen molar-refractivity contribution in [3.05, 3.63) is 16.1 Å². The van der Waals surface area contributed by atoms with Crippen LogP contribution in [0.5, 0.6) is 0 Å². The smallest absolute Gasteiger partial charge is 0.227 e. The van der Waals surface area contributed by atoms with Crippen molar-refractivity contribution in [2.24, 2.45) is 5.92 Å². The van der Waals surface area contributed by atoms with Gasteiger partial charge in [0.1, 0.15) is 0 Å². The molecule has 0 aromatic carbocycles. The highest BCUT2D eigenvalue weighted by Crippen LogP contribution is 2.15. The molecule has 0 unspecified atom stereocenters. The first-order chi connectivity index (χ1) is 8.16. The van der Waals surface area contributed by atoms with Gasteiger partial charge in [0, 0.05) is 19.0 Å².